The first-order valence-corrected chi connectivity index (χ1v) is 5.67. The van der Waals surface area contributed by atoms with Gasteiger partial charge in [-0.15, -0.1) is 0 Å². The number of halogens is 2. The summed E-state index contributed by atoms with van der Waals surface area (Å²) in [4.78, 5) is 0. The fourth-order valence-electron chi connectivity index (χ4n) is 0.958. The quantitative estimate of drug-likeness (QED) is 0.712. The van der Waals surface area contributed by atoms with Crippen LogP contribution in [0.1, 0.15) is 17.7 Å². The van der Waals surface area contributed by atoms with Gasteiger partial charge in [0.1, 0.15) is 0 Å². The molecule has 0 bridgehead atoms. The van der Waals surface area contributed by atoms with Crippen LogP contribution in [-0.2, 0) is 0 Å². The largest absolute Gasteiger partial charge is 0.157 e. The maximum Gasteiger partial charge on any atom is 0.0463 e. The zero-order valence-electron chi connectivity index (χ0n) is 6.97. The van der Waals surface area contributed by atoms with Crippen molar-refractivity contribution in [1.29, 1.82) is 0 Å². The number of hydrogen-bond donors (Lipinski definition) is 0. The van der Waals surface area contributed by atoms with E-state index in [0.29, 0.717) is 10.3 Å². The van der Waals surface area contributed by atoms with Crippen molar-refractivity contribution >= 4 is 35.0 Å². The molecule has 0 fully saturated rings. The highest BCUT2D eigenvalue weighted by atomic mass is 35.5. The molecule has 0 N–H and O–H groups in total. The van der Waals surface area contributed by atoms with Crippen molar-refractivity contribution in [2.75, 3.05) is 6.26 Å². The molecule has 0 nitrogen and oxygen atoms in total. The van der Waals surface area contributed by atoms with Crippen molar-refractivity contribution < 1.29 is 0 Å². The minimum Gasteiger partial charge on any atom is -0.157 e. The Morgan fingerprint density at radius 2 is 2.00 bits per heavy atom. The van der Waals surface area contributed by atoms with Gasteiger partial charge in [0.25, 0.3) is 0 Å². The van der Waals surface area contributed by atoms with E-state index in [0.717, 1.165) is 10.6 Å². The van der Waals surface area contributed by atoms with E-state index < -0.39 is 0 Å². The normalized spacial score (nSPS) is 13.0. The summed E-state index contributed by atoms with van der Waals surface area (Å²) in [5, 5.41) is 1.87. The molecule has 12 heavy (non-hydrogen) atoms. The van der Waals surface area contributed by atoms with Gasteiger partial charge in [0.05, 0.1) is 0 Å². The Kier molecular flexibility index (Phi) is 3.76. The lowest BCUT2D eigenvalue weighted by Crippen LogP contribution is -1.88. The van der Waals surface area contributed by atoms with Gasteiger partial charge in [0.15, 0.2) is 0 Å². The van der Waals surface area contributed by atoms with E-state index in [1.54, 1.807) is 17.8 Å². The number of thioether (sulfide) groups is 1. The second-order valence-electron chi connectivity index (χ2n) is 2.54. The molecular formula is C9H10Cl2S. The van der Waals surface area contributed by atoms with Crippen LogP contribution >= 0.6 is 35.0 Å². The van der Waals surface area contributed by atoms with Crippen molar-refractivity contribution in [2.24, 2.45) is 0 Å². The lowest BCUT2D eigenvalue weighted by molar-refractivity contribution is 1.10. The molecule has 1 unspecified atom stereocenters. The predicted molar refractivity (Wildman–Crippen MR) is 58.4 cm³/mol. The molecule has 1 aromatic rings. The van der Waals surface area contributed by atoms with Gasteiger partial charge in [-0.3, -0.25) is 0 Å². The van der Waals surface area contributed by atoms with Gasteiger partial charge >= 0.3 is 0 Å². The first-order valence-electron chi connectivity index (χ1n) is 3.63. The van der Waals surface area contributed by atoms with E-state index >= 15 is 0 Å². The van der Waals surface area contributed by atoms with Crippen LogP contribution in [0.5, 0.6) is 0 Å². The van der Waals surface area contributed by atoms with Crippen molar-refractivity contribution in [3.63, 3.8) is 0 Å². The van der Waals surface area contributed by atoms with Crippen LogP contribution in [0.25, 0.3) is 0 Å². The third-order valence-electron chi connectivity index (χ3n) is 1.75. The second-order valence-corrected chi connectivity index (χ2v) is 4.57. The second kappa shape index (κ2) is 4.40. The Bertz CT molecular complexity index is 273. The van der Waals surface area contributed by atoms with E-state index in [9.17, 15) is 0 Å². The van der Waals surface area contributed by atoms with Gasteiger partial charge in [0, 0.05) is 15.3 Å². The average molecular weight is 221 g/mol. The highest BCUT2D eigenvalue weighted by Gasteiger charge is 2.07. The number of hydrogen-bond acceptors (Lipinski definition) is 1. The fraction of sp³-hybridized carbons (Fsp3) is 0.333. The lowest BCUT2D eigenvalue weighted by atomic mass is 10.2. The SMILES string of the molecule is CSC(C)c1ccc(Cl)cc1Cl. The summed E-state index contributed by atoms with van der Waals surface area (Å²) >= 11 is 13.5. The number of rotatable bonds is 2. The third kappa shape index (κ3) is 2.32. The summed E-state index contributed by atoms with van der Waals surface area (Å²) in [5.41, 5.74) is 1.15. The molecule has 0 aliphatic carbocycles. The molecule has 0 amide bonds. The van der Waals surface area contributed by atoms with Crippen molar-refractivity contribution in [2.45, 2.75) is 12.2 Å². The first-order chi connectivity index (χ1) is 5.65. The standard InChI is InChI=1S/C9H10Cl2S/c1-6(12-2)8-4-3-7(10)5-9(8)11/h3-6H,1-2H3. The minimum atomic E-state index is 0.426. The molecule has 1 rings (SSSR count). The Labute approximate surface area is 87.3 Å². The van der Waals surface area contributed by atoms with Gasteiger partial charge in [0.2, 0.25) is 0 Å². The molecule has 1 atom stereocenters. The van der Waals surface area contributed by atoms with Crippen LogP contribution in [0.4, 0.5) is 0 Å². The highest BCUT2D eigenvalue weighted by molar-refractivity contribution is 7.98. The van der Waals surface area contributed by atoms with Crippen LogP contribution in [-0.4, -0.2) is 6.26 Å². The monoisotopic (exact) mass is 220 g/mol. The summed E-state index contributed by atoms with van der Waals surface area (Å²) in [6.07, 6.45) is 2.07. The molecule has 0 radical (unpaired) electrons. The molecule has 3 heteroatoms. The average Bonchev–Trinajstić information content (AvgIpc) is 2.03. The maximum atomic E-state index is 6.01. The van der Waals surface area contributed by atoms with E-state index in [1.165, 1.54) is 0 Å². The van der Waals surface area contributed by atoms with Gasteiger partial charge in [-0.2, -0.15) is 11.8 Å². The summed E-state index contributed by atoms with van der Waals surface area (Å²) in [6.45, 7) is 2.12. The summed E-state index contributed by atoms with van der Waals surface area (Å²) in [5.74, 6) is 0. The summed E-state index contributed by atoms with van der Waals surface area (Å²) < 4.78 is 0. The topological polar surface area (TPSA) is 0 Å². The Balaban J connectivity index is 3.01. The van der Waals surface area contributed by atoms with E-state index in [-0.39, 0.29) is 0 Å². The van der Waals surface area contributed by atoms with E-state index in [1.807, 2.05) is 12.1 Å². The Morgan fingerprint density at radius 3 is 2.50 bits per heavy atom. The van der Waals surface area contributed by atoms with E-state index in [4.69, 9.17) is 23.2 Å². The molecule has 0 saturated heterocycles. The van der Waals surface area contributed by atoms with Crippen LogP contribution in [0.3, 0.4) is 0 Å². The molecular weight excluding hydrogens is 211 g/mol. The zero-order chi connectivity index (χ0) is 9.14. The molecule has 0 aliphatic heterocycles. The molecule has 0 heterocycles. The third-order valence-corrected chi connectivity index (χ3v) is 3.28. The van der Waals surface area contributed by atoms with Gasteiger partial charge in [-0.1, -0.05) is 29.3 Å². The maximum absolute atomic E-state index is 6.01. The van der Waals surface area contributed by atoms with E-state index in [2.05, 4.69) is 13.2 Å². The van der Waals surface area contributed by atoms with Gasteiger partial charge in [-0.05, 0) is 30.9 Å². The Hall–Kier alpha value is 0.150. The van der Waals surface area contributed by atoms with Crippen LogP contribution < -0.4 is 0 Å². The highest BCUT2D eigenvalue weighted by Crippen LogP contribution is 2.32. The Morgan fingerprint density at radius 1 is 1.33 bits per heavy atom. The first kappa shape index (κ1) is 10.2. The molecule has 66 valence electrons. The van der Waals surface area contributed by atoms with Crippen LogP contribution in [0.15, 0.2) is 18.2 Å². The van der Waals surface area contributed by atoms with Crippen molar-refractivity contribution in [3.8, 4) is 0 Å². The van der Waals surface area contributed by atoms with Crippen molar-refractivity contribution in [1.82, 2.24) is 0 Å². The zero-order valence-corrected chi connectivity index (χ0v) is 9.30. The fourth-order valence-corrected chi connectivity index (χ4v) is 2.05. The predicted octanol–water partition coefficient (Wildman–Crippen LogP) is 4.42. The smallest absolute Gasteiger partial charge is 0.0463 e. The van der Waals surface area contributed by atoms with Gasteiger partial charge in [-0.25, -0.2) is 0 Å². The van der Waals surface area contributed by atoms with Crippen molar-refractivity contribution in [3.05, 3.63) is 33.8 Å². The molecule has 0 aromatic heterocycles. The molecule has 0 spiro atoms. The summed E-state index contributed by atoms with van der Waals surface area (Å²) in [6, 6.07) is 5.63. The molecule has 0 saturated carbocycles. The van der Waals surface area contributed by atoms with Crippen LogP contribution in [0.2, 0.25) is 10.0 Å². The summed E-state index contributed by atoms with van der Waals surface area (Å²) in [7, 11) is 0. The molecule has 1 aromatic carbocycles. The van der Waals surface area contributed by atoms with Crippen LogP contribution in [0, 0.1) is 0 Å². The lowest BCUT2D eigenvalue weighted by Gasteiger charge is -2.10. The molecule has 0 aliphatic rings. The number of benzene rings is 1. The minimum absolute atomic E-state index is 0.426. The van der Waals surface area contributed by atoms with Gasteiger partial charge < -0.3 is 0 Å².